The van der Waals surface area contributed by atoms with Crippen molar-refractivity contribution in [1.82, 2.24) is 4.98 Å². The summed E-state index contributed by atoms with van der Waals surface area (Å²) in [4.78, 5) is 29.0. The highest BCUT2D eigenvalue weighted by molar-refractivity contribution is 7.11. The molecule has 0 atom stereocenters. The second-order valence-electron chi connectivity index (χ2n) is 4.95. The first kappa shape index (κ1) is 15.4. The van der Waals surface area contributed by atoms with Crippen LogP contribution in [0, 0.1) is 19.7 Å². The van der Waals surface area contributed by atoms with Crippen LogP contribution in [0.1, 0.15) is 25.9 Å². The van der Waals surface area contributed by atoms with E-state index in [1.54, 1.807) is 0 Å². The van der Waals surface area contributed by atoms with Gasteiger partial charge >= 0.3 is 11.6 Å². The SMILES string of the molecule is Cc1nc(C)c(COC(=O)c2cc3cc(F)ccc3oc2=O)s1. The number of hydrogen-bond acceptors (Lipinski definition) is 6. The highest BCUT2D eigenvalue weighted by Gasteiger charge is 2.17. The van der Waals surface area contributed by atoms with E-state index >= 15 is 0 Å². The molecular formula is C16H12FNO4S. The number of fused-ring (bicyclic) bond motifs is 1. The molecule has 2 heterocycles. The number of rotatable bonds is 3. The molecule has 0 aliphatic carbocycles. The molecule has 0 saturated carbocycles. The van der Waals surface area contributed by atoms with Crippen LogP contribution in [0.4, 0.5) is 4.39 Å². The van der Waals surface area contributed by atoms with Gasteiger partial charge in [0.15, 0.2) is 0 Å². The zero-order valence-corrected chi connectivity index (χ0v) is 13.2. The molecule has 0 bridgehead atoms. The molecule has 1 aromatic carbocycles. The highest BCUT2D eigenvalue weighted by atomic mass is 32.1. The molecule has 7 heteroatoms. The van der Waals surface area contributed by atoms with E-state index < -0.39 is 17.4 Å². The highest BCUT2D eigenvalue weighted by Crippen LogP contribution is 2.19. The van der Waals surface area contributed by atoms with Gasteiger partial charge in [-0.3, -0.25) is 0 Å². The molecule has 0 radical (unpaired) electrons. The van der Waals surface area contributed by atoms with Crippen molar-refractivity contribution in [2.45, 2.75) is 20.5 Å². The van der Waals surface area contributed by atoms with Crippen LogP contribution in [0.5, 0.6) is 0 Å². The minimum absolute atomic E-state index is 0.0246. The molecule has 0 aliphatic rings. The Morgan fingerprint density at radius 2 is 2.13 bits per heavy atom. The number of thiazole rings is 1. The Hall–Kier alpha value is -2.54. The van der Waals surface area contributed by atoms with Gasteiger partial charge < -0.3 is 9.15 Å². The third-order valence-corrected chi connectivity index (χ3v) is 4.29. The number of nitrogens with zero attached hydrogens (tertiary/aromatic N) is 1. The number of carbonyl (C=O) groups excluding carboxylic acids is 1. The maximum Gasteiger partial charge on any atom is 0.351 e. The summed E-state index contributed by atoms with van der Waals surface area (Å²) in [5.41, 5.74) is -0.0805. The molecule has 118 valence electrons. The van der Waals surface area contributed by atoms with E-state index in [2.05, 4.69) is 4.98 Å². The molecule has 2 aromatic heterocycles. The van der Waals surface area contributed by atoms with Crippen LogP contribution in [0.2, 0.25) is 0 Å². The lowest BCUT2D eigenvalue weighted by molar-refractivity contribution is 0.0471. The van der Waals surface area contributed by atoms with E-state index in [-0.39, 0.29) is 17.8 Å². The molecule has 3 aromatic rings. The van der Waals surface area contributed by atoms with Crippen LogP contribution in [-0.2, 0) is 11.3 Å². The van der Waals surface area contributed by atoms with Crippen molar-refractivity contribution in [3.63, 3.8) is 0 Å². The molecule has 0 fully saturated rings. The minimum Gasteiger partial charge on any atom is -0.456 e. The maximum absolute atomic E-state index is 13.2. The standard InChI is InChI=1S/C16H12FNO4S/c1-8-14(23-9(2)18-8)7-21-15(19)12-6-10-5-11(17)3-4-13(10)22-16(12)20/h3-6H,7H2,1-2H3. The summed E-state index contributed by atoms with van der Waals surface area (Å²) >= 11 is 1.42. The Labute approximate surface area is 134 Å². The number of aromatic nitrogens is 1. The Morgan fingerprint density at radius 3 is 2.83 bits per heavy atom. The zero-order chi connectivity index (χ0) is 16.6. The molecule has 5 nitrogen and oxygen atoms in total. The van der Waals surface area contributed by atoms with E-state index in [0.717, 1.165) is 15.6 Å². The van der Waals surface area contributed by atoms with Gasteiger partial charge in [0.1, 0.15) is 23.6 Å². The fourth-order valence-electron chi connectivity index (χ4n) is 2.15. The summed E-state index contributed by atoms with van der Waals surface area (Å²) in [5, 5.41) is 1.19. The molecule has 0 aliphatic heterocycles. The summed E-state index contributed by atoms with van der Waals surface area (Å²) in [6.45, 7) is 3.70. The van der Waals surface area contributed by atoms with Gasteiger partial charge in [0.25, 0.3) is 0 Å². The Kier molecular flexibility index (Phi) is 3.96. The lowest BCUT2D eigenvalue weighted by Crippen LogP contribution is -2.16. The van der Waals surface area contributed by atoms with Crippen molar-refractivity contribution in [2.24, 2.45) is 0 Å². The van der Waals surface area contributed by atoms with Crippen molar-refractivity contribution in [3.8, 4) is 0 Å². The molecule has 0 N–H and O–H groups in total. The number of aryl methyl sites for hydroxylation is 2. The van der Waals surface area contributed by atoms with Gasteiger partial charge in [-0.25, -0.2) is 19.0 Å². The fraction of sp³-hybridized carbons (Fsp3) is 0.188. The monoisotopic (exact) mass is 333 g/mol. The van der Waals surface area contributed by atoms with Gasteiger partial charge in [-0.1, -0.05) is 0 Å². The molecule has 3 rings (SSSR count). The number of hydrogen-bond donors (Lipinski definition) is 0. The van der Waals surface area contributed by atoms with E-state index in [1.165, 1.54) is 35.6 Å². The van der Waals surface area contributed by atoms with E-state index in [1.807, 2.05) is 13.8 Å². The summed E-state index contributed by atoms with van der Waals surface area (Å²) in [7, 11) is 0. The summed E-state index contributed by atoms with van der Waals surface area (Å²) in [5.74, 6) is -1.29. The van der Waals surface area contributed by atoms with Gasteiger partial charge in [0, 0.05) is 5.39 Å². The van der Waals surface area contributed by atoms with Crippen LogP contribution in [0.3, 0.4) is 0 Å². The maximum atomic E-state index is 13.2. The van der Waals surface area contributed by atoms with Crippen molar-refractivity contribution in [1.29, 1.82) is 0 Å². The van der Waals surface area contributed by atoms with Crippen molar-refractivity contribution in [2.75, 3.05) is 0 Å². The molecule has 0 unspecified atom stereocenters. The average molecular weight is 333 g/mol. The normalized spacial score (nSPS) is 10.9. The summed E-state index contributed by atoms with van der Waals surface area (Å²) in [6, 6.07) is 4.98. The van der Waals surface area contributed by atoms with E-state index in [4.69, 9.17) is 9.15 Å². The smallest absolute Gasteiger partial charge is 0.351 e. The Morgan fingerprint density at radius 1 is 1.35 bits per heavy atom. The molecule has 0 amide bonds. The van der Waals surface area contributed by atoms with Crippen LogP contribution in [0.25, 0.3) is 11.0 Å². The fourth-order valence-corrected chi connectivity index (χ4v) is 3.00. The van der Waals surface area contributed by atoms with Gasteiger partial charge in [-0.05, 0) is 38.1 Å². The molecule has 0 saturated heterocycles. The van der Waals surface area contributed by atoms with Crippen molar-refractivity contribution in [3.05, 3.63) is 61.6 Å². The third-order valence-electron chi connectivity index (χ3n) is 3.25. The predicted octanol–water partition coefficient (Wildman–Crippen LogP) is 3.36. The lowest BCUT2D eigenvalue weighted by Gasteiger charge is -2.04. The number of halogens is 1. The van der Waals surface area contributed by atoms with Crippen LogP contribution >= 0.6 is 11.3 Å². The number of carbonyl (C=O) groups is 1. The number of benzene rings is 1. The van der Waals surface area contributed by atoms with Gasteiger partial charge in [0.05, 0.1) is 15.6 Å². The van der Waals surface area contributed by atoms with E-state index in [9.17, 15) is 14.0 Å². The van der Waals surface area contributed by atoms with E-state index in [0.29, 0.717) is 5.39 Å². The van der Waals surface area contributed by atoms with Crippen molar-refractivity contribution >= 4 is 28.3 Å². The molecular weight excluding hydrogens is 321 g/mol. The predicted molar refractivity (Wildman–Crippen MR) is 83.1 cm³/mol. The number of esters is 1. The Balaban J connectivity index is 1.87. The second kappa shape index (κ2) is 5.92. The van der Waals surface area contributed by atoms with Gasteiger partial charge in [-0.15, -0.1) is 11.3 Å². The first-order valence-electron chi connectivity index (χ1n) is 6.77. The van der Waals surface area contributed by atoms with Crippen LogP contribution in [-0.4, -0.2) is 11.0 Å². The van der Waals surface area contributed by atoms with Gasteiger partial charge in [-0.2, -0.15) is 0 Å². The minimum atomic E-state index is -0.814. The largest absolute Gasteiger partial charge is 0.456 e. The quantitative estimate of drug-likeness (QED) is 0.543. The topological polar surface area (TPSA) is 69.4 Å². The zero-order valence-electron chi connectivity index (χ0n) is 12.4. The third kappa shape index (κ3) is 3.14. The first-order valence-corrected chi connectivity index (χ1v) is 7.59. The van der Waals surface area contributed by atoms with Crippen LogP contribution in [0.15, 0.2) is 33.5 Å². The molecule has 23 heavy (non-hydrogen) atoms. The summed E-state index contributed by atoms with van der Waals surface area (Å²) < 4.78 is 23.4. The second-order valence-corrected chi connectivity index (χ2v) is 6.24. The van der Waals surface area contributed by atoms with Crippen LogP contribution < -0.4 is 5.63 Å². The molecule has 0 spiro atoms. The first-order chi connectivity index (χ1) is 10.9. The lowest BCUT2D eigenvalue weighted by atomic mass is 10.2. The van der Waals surface area contributed by atoms with Gasteiger partial charge in [0.2, 0.25) is 0 Å². The Bertz CT molecular complexity index is 960. The number of ether oxygens (including phenoxy) is 1. The average Bonchev–Trinajstić information content (AvgIpc) is 2.82. The van der Waals surface area contributed by atoms with Crippen molar-refractivity contribution < 1.29 is 18.3 Å². The summed E-state index contributed by atoms with van der Waals surface area (Å²) in [6.07, 6.45) is 0.